The third kappa shape index (κ3) is 2.43. The maximum absolute atomic E-state index is 12.2. The summed E-state index contributed by atoms with van der Waals surface area (Å²) in [5, 5.41) is 33.6. The van der Waals surface area contributed by atoms with Crippen LogP contribution in [0.1, 0.15) is 65.2 Å². The van der Waals surface area contributed by atoms with E-state index in [4.69, 9.17) is 4.74 Å². The minimum absolute atomic E-state index is 0.0942. The molecule has 0 aromatic heterocycles. The number of aliphatic hydroxyl groups is 3. The molecule has 0 bridgehead atoms. The lowest BCUT2D eigenvalue weighted by Crippen LogP contribution is -2.65. The Balaban J connectivity index is 1.46. The molecule has 1 unspecified atom stereocenters. The summed E-state index contributed by atoms with van der Waals surface area (Å²) < 4.78 is 5.38. The summed E-state index contributed by atoms with van der Waals surface area (Å²) in [6, 6.07) is 0. The summed E-state index contributed by atoms with van der Waals surface area (Å²) in [7, 11) is 0. The van der Waals surface area contributed by atoms with Crippen LogP contribution in [0, 0.1) is 34.5 Å². The van der Waals surface area contributed by atoms with Crippen molar-refractivity contribution in [3.63, 3.8) is 0 Å². The molecule has 1 aliphatic heterocycles. The zero-order valence-corrected chi connectivity index (χ0v) is 17.6. The Morgan fingerprint density at radius 1 is 1.00 bits per heavy atom. The Kier molecular flexibility index (Phi) is 4.13. The maximum atomic E-state index is 12.2. The van der Waals surface area contributed by atoms with E-state index in [0.29, 0.717) is 31.3 Å². The molecule has 0 spiro atoms. The molecule has 160 valence electrons. The van der Waals surface area contributed by atoms with Crippen LogP contribution < -0.4 is 0 Å². The second kappa shape index (κ2) is 6.10. The van der Waals surface area contributed by atoms with Crippen LogP contribution in [0.5, 0.6) is 0 Å². The third-order valence-corrected chi connectivity index (χ3v) is 9.99. The first-order valence-electron chi connectivity index (χ1n) is 11.3. The van der Waals surface area contributed by atoms with Crippen molar-refractivity contribution in [1.82, 2.24) is 0 Å². The highest BCUT2D eigenvalue weighted by Gasteiger charge is 2.69. The number of hydrogen-bond acceptors (Lipinski definition) is 5. The molecule has 29 heavy (non-hydrogen) atoms. The average Bonchev–Trinajstić information content (AvgIpc) is 2.95. The number of rotatable bonds is 1. The number of esters is 1. The predicted molar refractivity (Wildman–Crippen MR) is 108 cm³/mol. The van der Waals surface area contributed by atoms with Gasteiger partial charge in [0.25, 0.3) is 0 Å². The molecule has 1 saturated heterocycles. The highest BCUT2D eigenvalue weighted by molar-refractivity contribution is 5.70. The number of aliphatic hydroxyl groups excluding tert-OH is 1. The Hall–Kier alpha value is -1.33. The summed E-state index contributed by atoms with van der Waals surface area (Å²) in [6.07, 6.45) is 11.7. The minimum atomic E-state index is -1.05. The Labute approximate surface area is 172 Å². The zero-order chi connectivity index (χ0) is 20.7. The fraction of sp³-hybridized carbons (Fsp3) is 0.792. The van der Waals surface area contributed by atoms with Gasteiger partial charge in [0, 0.05) is 11.8 Å². The van der Waals surface area contributed by atoms with E-state index in [1.165, 1.54) is 0 Å². The van der Waals surface area contributed by atoms with Gasteiger partial charge in [-0.05, 0) is 86.2 Å². The number of fused-ring (bicyclic) bond motifs is 5. The molecule has 0 aromatic carbocycles. The molecule has 3 saturated carbocycles. The third-order valence-electron chi connectivity index (χ3n) is 9.99. The lowest BCUT2D eigenvalue weighted by atomic mass is 9.43. The van der Waals surface area contributed by atoms with Gasteiger partial charge in [-0.25, -0.2) is 0 Å². The summed E-state index contributed by atoms with van der Waals surface area (Å²) in [4.78, 5) is 11.5. The molecule has 5 aliphatic rings. The van der Waals surface area contributed by atoms with Crippen LogP contribution >= 0.6 is 0 Å². The van der Waals surface area contributed by atoms with Crippen LogP contribution in [-0.4, -0.2) is 39.1 Å². The summed E-state index contributed by atoms with van der Waals surface area (Å²) in [6.45, 7) is 4.86. The highest BCUT2D eigenvalue weighted by Crippen LogP contribution is 2.69. The minimum Gasteiger partial charge on any atom is -0.508 e. The van der Waals surface area contributed by atoms with Gasteiger partial charge >= 0.3 is 5.97 Å². The fourth-order valence-corrected chi connectivity index (χ4v) is 8.20. The zero-order valence-electron chi connectivity index (χ0n) is 17.6. The quantitative estimate of drug-likeness (QED) is 0.583. The molecule has 1 heterocycles. The van der Waals surface area contributed by atoms with Crippen LogP contribution in [-0.2, 0) is 9.53 Å². The largest absolute Gasteiger partial charge is 0.508 e. The summed E-state index contributed by atoms with van der Waals surface area (Å²) in [5.41, 5.74) is -2.45. The summed E-state index contributed by atoms with van der Waals surface area (Å²) >= 11 is 0. The molecule has 0 aromatic rings. The van der Waals surface area contributed by atoms with Crippen LogP contribution in [0.15, 0.2) is 24.0 Å². The molecular formula is C24H34O5. The first kappa shape index (κ1) is 19.6. The van der Waals surface area contributed by atoms with E-state index in [1.54, 1.807) is 12.2 Å². The van der Waals surface area contributed by atoms with Crippen LogP contribution in [0.2, 0.25) is 0 Å². The number of ether oxygens (including phenoxy) is 1. The van der Waals surface area contributed by atoms with Gasteiger partial charge in [0.1, 0.15) is 5.76 Å². The molecular weight excluding hydrogens is 368 g/mol. The molecule has 5 rings (SSSR count). The molecule has 4 fully saturated rings. The van der Waals surface area contributed by atoms with Crippen molar-refractivity contribution < 1.29 is 24.9 Å². The Morgan fingerprint density at radius 3 is 2.45 bits per heavy atom. The first-order chi connectivity index (χ1) is 13.6. The molecule has 5 heteroatoms. The smallest absolute Gasteiger partial charge is 0.305 e. The second-order valence-corrected chi connectivity index (χ2v) is 10.9. The van der Waals surface area contributed by atoms with Gasteiger partial charge in [-0.15, -0.1) is 0 Å². The molecule has 4 aliphatic carbocycles. The van der Waals surface area contributed by atoms with Gasteiger partial charge in [0.05, 0.1) is 17.8 Å². The molecule has 0 radical (unpaired) electrons. The van der Waals surface area contributed by atoms with Gasteiger partial charge in [0.15, 0.2) is 0 Å². The number of hydrogen-bond donors (Lipinski definition) is 3. The van der Waals surface area contributed by atoms with Gasteiger partial charge in [-0.2, -0.15) is 0 Å². The first-order valence-corrected chi connectivity index (χ1v) is 11.3. The van der Waals surface area contributed by atoms with E-state index >= 15 is 0 Å². The van der Waals surface area contributed by atoms with Gasteiger partial charge in [-0.3, -0.25) is 4.79 Å². The van der Waals surface area contributed by atoms with Crippen molar-refractivity contribution in [2.75, 3.05) is 6.61 Å². The number of carbonyl (C=O) groups excluding carboxylic acids is 1. The van der Waals surface area contributed by atoms with Gasteiger partial charge in [-0.1, -0.05) is 19.9 Å². The van der Waals surface area contributed by atoms with Gasteiger partial charge < -0.3 is 20.1 Å². The monoisotopic (exact) mass is 402 g/mol. The molecule has 8 atom stereocenters. The van der Waals surface area contributed by atoms with Gasteiger partial charge in [0.2, 0.25) is 0 Å². The lowest BCUT2D eigenvalue weighted by molar-refractivity contribution is -0.220. The van der Waals surface area contributed by atoms with Crippen LogP contribution in [0.25, 0.3) is 0 Å². The van der Waals surface area contributed by atoms with E-state index in [9.17, 15) is 20.1 Å². The lowest BCUT2D eigenvalue weighted by Gasteiger charge is -2.64. The van der Waals surface area contributed by atoms with E-state index in [1.807, 2.05) is 6.08 Å². The standard InChI is InChI=1S/C24H34O5/c1-21-9-5-16(25)13-23(21,27)11-7-19-18(21)6-10-22(2)17(8-12-24(19,22)28)15-3-4-20(26)29-14-15/h5,9,13,15,17-19,25,27-28H,3-4,6-8,10-12,14H2,1-2H3/t15-,17+,18-,19+,21+,22+,23-,24?/m0/s1. The average molecular weight is 403 g/mol. The number of carbonyl (C=O) groups is 1. The van der Waals surface area contributed by atoms with E-state index in [-0.39, 0.29) is 29.0 Å². The van der Waals surface area contributed by atoms with Crippen molar-refractivity contribution in [1.29, 1.82) is 0 Å². The van der Waals surface area contributed by atoms with Crippen molar-refractivity contribution in [2.24, 2.45) is 34.5 Å². The predicted octanol–water partition coefficient (Wildman–Crippen LogP) is 3.66. The van der Waals surface area contributed by atoms with Crippen molar-refractivity contribution in [3.8, 4) is 0 Å². The normalized spacial score (nSPS) is 54.1. The molecule has 3 N–H and O–H groups in total. The Morgan fingerprint density at radius 2 is 1.72 bits per heavy atom. The second-order valence-electron chi connectivity index (χ2n) is 10.9. The Bertz CT molecular complexity index is 778. The molecule has 5 nitrogen and oxygen atoms in total. The topological polar surface area (TPSA) is 87.0 Å². The maximum Gasteiger partial charge on any atom is 0.305 e. The number of cyclic esters (lactones) is 1. The fourth-order valence-electron chi connectivity index (χ4n) is 8.20. The van der Waals surface area contributed by atoms with Crippen molar-refractivity contribution in [3.05, 3.63) is 24.0 Å². The molecule has 0 amide bonds. The van der Waals surface area contributed by atoms with E-state index in [0.717, 1.165) is 38.5 Å². The summed E-state index contributed by atoms with van der Waals surface area (Å²) in [5.74, 6) is 1.08. The van der Waals surface area contributed by atoms with Crippen LogP contribution in [0.4, 0.5) is 0 Å². The van der Waals surface area contributed by atoms with E-state index < -0.39 is 16.6 Å². The van der Waals surface area contributed by atoms with Crippen molar-refractivity contribution in [2.45, 2.75) is 76.4 Å². The van der Waals surface area contributed by atoms with E-state index in [2.05, 4.69) is 13.8 Å². The SMILES string of the molecule is C[C@]12CC[C@H]3[C@@H](CC[C@]4(O)C=C(O)C=C[C@]34C)C1(O)CC[C@@H]2[C@H]1CCC(=O)OC1. The highest BCUT2D eigenvalue weighted by atomic mass is 16.5. The van der Waals surface area contributed by atoms with Crippen molar-refractivity contribution >= 4 is 5.97 Å². The number of allylic oxidation sites excluding steroid dienone is 1. The van der Waals surface area contributed by atoms with Crippen LogP contribution in [0.3, 0.4) is 0 Å².